The summed E-state index contributed by atoms with van der Waals surface area (Å²) in [5, 5.41) is 13.3. The minimum atomic E-state index is 0.0826. The molecule has 0 unspecified atom stereocenters. The molecule has 1 aromatic heterocycles. The zero-order valence-electron chi connectivity index (χ0n) is 11.4. The van der Waals surface area contributed by atoms with Gasteiger partial charge in [0.05, 0.1) is 19.8 Å². The van der Waals surface area contributed by atoms with Gasteiger partial charge in [-0.15, -0.1) is 0 Å². The standard InChI is InChI=1S/C15H22N2O2/c1-2-16-12-13-4-3-5-15-14(13)6-7-17(15)8-10-19-11-9-18/h3-7,16,18H,2,8-12H2,1H3. The van der Waals surface area contributed by atoms with Gasteiger partial charge in [0, 0.05) is 30.2 Å². The molecule has 0 fully saturated rings. The van der Waals surface area contributed by atoms with Crippen molar-refractivity contribution in [2.75, 3.05) is 26.4 Å². The fraction of sp³-hybridized carbons (Fsp3) is 0.467. The summed E-state index contributed by atoms with van der Waals surface area (Å²) in [5.74, 6) is 0. The molecule has 0 saturated heterocycles. The van der Waals surface area contributed by atoms with Crippen LogP contribution < -0.4 is 5.32 Å². The van der Waals surface area contributed by atoms with Gasteiger partial charge in [0.15, 0.2) is 0 Å². The lowest BCUT2D eigenvalue weighted by Gasteiger charge is -2.08. The summed E-state index contributed by atoms with van der Waals surface area (Å²) in [7, 11) is 0. The highest BCUT2D eigenvalue weighted by atomic mass is 16.5. The largest absolute Gasteiger partial charge is 0.394 e. The van der Waals surface area contributed by atoms with Crippen LogP contribution in [0, 0.1) is 0 Å². The molecule has 4 heteroatoms. The summed E-state index contributed by atoms with van der Waals surface area (Å²) in [6.07, 6.45) is 2.10. The average molecular weight is 262 g/mol. The molecule has 0 aliphatic heterocycles. The van der Waals surface area contributed by atoms with Crippen LogP contribution in [0.5, 0.6) is 0 Å². The number of hydrogen-bond acceptors (Lipinski definition) is 3. The molecule has 4 nitrogen and oxygen atoms in total. The second kappa shape index (κ2) is 7.28. The van der Waals surface area contributed by atoms with Crippen LogP contribution in [0.15, 0.2) is 30.5 Å². The molecule has 2 aromatic rings. The number of aromatic nitrogens is 1. The zero-order chi connectivity index (χ0) is 13.5. The van der Waals surface area contributed by atoms with E-state index < -0.39 is 0 Å². The SMILES string of the molecule is CCNCc1cccc2c1ccn2CCOCCO. The third-order valence-electron chi connectivity index (χ3n) is 3.18. The number of hydrogen-bond donors (Lipinski definition) is 2. The second-order valence-electron chi connectivity index (χ2n) is 4.48. The molecule has 0 bridgehead atoms. The van der Waals surface area contributed by atoms with Crippen molar-refractivity contribution in [1.29, 1.82) is 0 Å². The summed E-state index contributed by atoms with van der Waals surface area (Å²) in [5.41, 5.74) is 2.57. The normalized spacial score (nSPS) is 11.3. The minimum Gasteiger partial charge on any atom is -0.394 e. The lowest BCUT2D eigenvalue weighted by molar-refractivity contribution is 0.0875. The number of ether oxygens (including phenoxy) is 1. The van der Waals surface area contributed by atoms with Crippen molar-refractivity contribution in [3.05, 3.63) is 36.0 Å². The van der Waals surface area contributed by atoms with Crippen molar-refractivity contribution in [3.63, 3.8) is 0 Å². The fourth-order valence-corrected chi connectivity index (χ4v) is 2.23. The van der Waals surface area contributed by atoms with E-state index in [1.807, 2.05) is 0 Å². The monoisotopic (exact) mass is 262 g/mol. The van der Waals surface area contributed by atoms with Crippen molar-refractivity contribution in [1.82, 2.24) is 9.88 Å². The maximum atomic E-state index is 8.68. The van der Waals surface area contributed by atoms with Gasteiger partial charge in [-0.25, -0.2) is 0 Å². The molecule has 0 atom stereocenters. The van der Waals surface area contributed by atoms with Crippen molar-refractivity contribution >= 4 is 10.9 Å². The molecule has 0 spiro atoms. The Bertz CT molecular complexity index is 508. The predicted octanol–water partition coefficient (Wildman–Crippen LogP) is 1.76. The molecule has 2 N–H and O–H groups in total. The predicted molar refractivity (Wildman–Crippen MR) is 77.2 cm³/mol. The Balaban J connectivity index is 2.09. The number of nitrogens with zero attached hydrogens (tertiary/aromatic N) is 1. The fourth-order valence-electron chi connectivity index (χ4n) is 2.23. The highest BCUT2D eigenvalue weighted by molar-refractivity contribution is 5.83. The first-order valence-electron chi connectivity index (χ1n) is 6.83. The molecule has 0 aliphatic carbocycles. The first-order chi connectivity index (χ1) is 9.36. The van der Waals surface area contributed by atoms with Gasteiger partial charge in [-0.3, -0.25) is 0 Å². The molecule has 1 heterocycles. The van der Waals surface area contributed by atoms with Crippen LogP contribution in [0.2, 0.25) is 0 Å². The number of rotatable bonds is 8. The summed E-state index contributed by atoms with van der Waals surface area (Å²) in [4.78, 5) is 0. The van der Waals surface area contributed by atoms with Crippen LogP contribution in [0.4, 0.5) is 0 Å². The van der Waals surface area contributed by atoms with E-state index >= 15 is 0 Å². The lowest BCUT2D eigenvalue weighted by atomic mass is 10.1. The van der Waals surface area contributed by atoms with Crippen LogP contribution in [-0.4, -0.2) is 36.0 Å². The summed E-state index contributed by atoms with van der Waals surface area (Å²) in [6, 6.07) is 8.56. The van der Waals surface area contributed by atoms with E-state index in [2.05, 4.69) is 47.3 Å². The third-order valence-corrected chi connectivity index (χ3v) is 3.18. The highest BCUT2D eigenvalue weighted by Gasteiger charge is 2.04. The molecule has 0 aliphatic rings. The Morgan fingerprint density at radius 3 is 2.95 bits per heavy atom. The first-order valence-corrected chi connectivity index (χ1v) is 6.83. The molecule has 1 aromatic carbocycles. The summed E-state index contributed by atoms with van der Waals surface area (Å²) < 4.78 is 7.51. The minimum absolute atomic E-state index is 0.0826. The molecule has 19 heavy (non-hydrogen) atoms. The van der Waals surface area contributed by atoms with E-state index in [-0.39, 0.29) is 6.61 Å². The van der Waals surface area contributed by atoms with Gasteiger partial charge in [0.2, 0.25) is 0 Å². The lowest BCUT2D eigenvalue weighted by Crippen LogP contribution is -2.12. The number of aliphatic hydroxyl groups excluding tert-OH is 1. The Hall–Kier alpha value is -1.36. The van der Waals surface area contributed by atoms with Crippen LogP contribution in [0.1, 0.15) is 12.5 Å². The van der Waals surface area contributed by atoms with E-state index in [1.165, 1.54) is 16.5 Å². The number of benzene rings is 1. The third kappa shape index (κ3) is 3.56. The quantitative estimate of drug-likeness (QED) is 0.713. The molecule has 2 rings (SSSR count). The summed E-state index contributed by atoms with van der Waals surface area (Å²) >= 11 is 0. The first kappa shape index (κ1) is 14.1. The molecular formula is C15H22N2O2. The molecular weight excluding hydrogens is 240 g/mol. The van der Waals surface area contributed by atoms with Gasteiger partial charge in [0.1, 0.15) is 0 Å². The topological polar surface area (TPSA) is 46.4 Å². The highest BCUT2D eigenvalue weighted by Crippen LogP contribution is 2.20. The Morgan fingerprint density at radius 2 is 2.16 bits per heavy atom. The maximum absolute atomic E-state index is 8.68. The van der Waals surface area contributed by atoms with Crippen LogP contribution in [-0.2, 0) is 17.8 Å². The van der Waals surface area contributed by atoms with Crippen LogP contribution >= 0.6 is 0 Å². The average Bonchev–Trinajstić information content (AvgIpc) is 2.85. The number of fused-ring (bicyclic) bond motifs is 1. The van der Waals surface area contributed by atoms with Crippen molar-refractivity contribution in [2.45, 2.75) is 20.0 Å². The van der Waals surface area contributed by atoms with Gasteiger partial charge < -0.3 is 19.7 Å². The van der Waals surface area contributed by atoms with Crippen LogP contribution in [0.25, 0.3) is 10.9 Å². The zero-order valence-corrected chi connectivity index (χ0v) is 11.4. The Morgan fingerprint density at radius 1 is 1.26 bits per heavy atom. The molecule has 104 valence electrons. The van der Waals surface area contributed by atoms with Gasteiger partial charge in [0.25, 0.3) is 0 Å². The van der Waals surface area contributed by atoms with E-state index in [0.717, 1.165) is 19.6 Å². The number of nitrogens with one attached hydrogen (secondary N) is 1. The van der Waals surface area contributed by atoms with Gasteiger partial charge >= 0.3 is 0 Å². The van der Waals surface area contributed by atoms with Crippen molar-refractivity contribution in [3.8, 4) is 0 Å². The van der Waals surface area contributed by atoms with E-state index in [1.54, 1.807) is 0 Å². The van der Waals surface area contributed by atoms with Crippen molar-refractivity contribution < 1.29 is 9.84 Å². The van der Waals surface area contributed by atoms with Crippen LogP contribution in [0.3, 0.4) is 0 Å². The molecule has 0 saturated carbocycles. The molecule has 0 radical (unpaired) electrons. The Kier molecular flexibility index (Phi) is 5.39. The van der Waals surface area contributed by atoms with E-state index in [9.17, 15) is 0 Å². The van der Waals surface area contributed by atoms with Gasteiger partial charge in [-0.2, -0.15) is 0 Å². The maximum Gasteiger partial charge on any atom is 0.0698 e. The van der Waals surface area contributed by atoms with Gasteiger partial charge in [-0.1, -0.05) is 19.1 Å². The van der Waals surface area contributed by atoms with Crippen molar-refractivity contribution in [2.24, 2.45) is 0 Å². The second-order valence-corrected chi connectivity index (χ2v) is 4.48. The van der Waals surface area contributed by atoms with E-state index in [0.29, 0.717) is 13.2 Å². The van der Waals surface area contributed by atoms with E-state index in [4.69, 9.17) is 9.84 Å². The Labute approximate surface area is 114 Å². The van der Waals surface area contributed by atoms with Gasteiger partial charge in [-0.05, 0) is 24.2 Å². The smallest absolute Gasteiger partial charge is 0.0698 e. The molecule has 0 amide bonds. The number of aliphatic hydroxyl groups is 1. The summed E-state index contributed by atoms with van der Waals surface area (Å²) in [6.45, 7) is 5.93.